The number of halogens is 1. The fourth-order valence-corrected chi connectivity index (χ4v) is 0.909. The van der Waals surface area contributed by atoms with Gasteiger partial charge < -0.3 is 9.64 Å². The molecule has 0 unspecified atom stereocenters. The van der Waals surface area contributed by atoms with Crippen LogP contribution in [0.5, 0.6) is 0 Å². The topological polar surface area (TPSA) is 29.5 Å². The molecule has 0 N–H and O–H groups in total. The molecule has 1 aliphatic heterocycles. The zero-order valence-corrected chi connectivity index (χ0v) is 10.3. The molecular weight excluding hydrogens is 293 g/mol. The molecule has 1 heterocycles. The van der Waals surface area contributed by atoms with Crippen LogP contribution in [0.2, 0.25) is 0 Å². The van der Waals surface area contributed by atoms with Gasteiger partial charge in [0.25, 0.3) is 0 Å². The van der Waals surface area contributed by atoms with Crippen molar-refractivity contribution in [3.8, 4) is 0 Å². The van der Waals surface area contributed by atoms with Gasteiger partial charge in [-0.3, -0.25) is 0 Å². The zero-order chi connectivity index (χ0) is 18.9. The van der Waals surface area contributed by atoms with E-state index in [1.54, 1.807) is 0 Å². The summed E-state index contributed by atoms with van der Waals surface area (Å²) in [5, 5.41) is 0. The van der Waals surface area contributed by atoms with Gasteiger partial charge in [0, 0.05) is 29.2 Å². The van der Waals surface area contributed by atoms with Crippen LogP contribution in [0.4, 0.5) is 4.79 Å². The molecule has 14 heavy (non-hydrogen) atoms. The largest absolute Gasteiger partial charge is 0.444 e. The van der Waals surface area contributed by atoms with Crippen LogP contribution in [0, 0.1) is 0 Å². The summed E-state index contributed by atoms with van der Waals surface area (Å²) >= 11 is 1.05. The third-order valence-electron chi connectivity index (χ3n) is 1.13. The van der Waals surface area contributed by atoms with Crippen LogP contribution >= 0.6 is 22.6 Å². The minimum absolute atomic E-state index is 0.212. The highest BCUT2D eigenvalue weighted by atomic mass is 127. The summed E-state index contributed by atoms with van der Waals surface area (Å²) in [6.45, 7) is -2.26. The molecule has 3 nitrogen and oxygen atoms in total. The maximum absolute atomic E-state index is 12.3. The van der Waals surface area contributed by atoms with Gasteiger partial charge in [-0.05, 0) is 33.5 Å². The molecule has 1 fully saturated rings. The highest BCUT2D eigenvalue weighted by Crippen LogP contribution is 2.19. The number of piperidine rings is 1. The summed E-state index contributed by atoms with van der Waals surface area (Å²) in [5.74, 6) is 0. The SMILES string of the molecule is [2H]C1([2H])N(C(=O)OC(C)(C)C)C([2H])([2H])C([2H])([2H])C([2H])(I)C1([2H])[2H]. The van der Waals surface area contributed by atoms with E-state index < -0.39 is 41.3 Å². The van der Waals surface area contributed by atoms with Gasteiger partial charge in [0.1, 0.15) is 5.60 Å². The number of nitrogens with zero attached hydrogens (tertiary/aromatic N) is 1. The summed E-state index contributed by atoms with van der Waals surface area (Å²) in [5.41, 5.74) is -1.12. The van der Waals surface area contributed by atoms with Gasteiger partial charge in [0.2, 0.25) is 0 Å². The van der Waals surface area contributed by atoms with Crippen molar-refractivity contribution in [3.05, 3.63) is 0 Å². The fourth-order valence-electron chi connectivity index (χ4n) is 0.668. The lowest BCUT2D eigenvalue weighted by Gasteiger charge is -2.31. The normalized spacial score (nSPS) is 45.7. The number of alkyl halides is 1. The molecule has 0 atom stereocenters. The molecule has 1 saturated heterocycles. The Morgan fingerprint density at radius 3 is 2.50 bits per heavy atom. The second-order valence-corrected chi connectivity index (χ2v) is 4.68. The van der Waals surface area contributed by atoms with E-state index in [-0.39, 0.29) is 4.90 Å². The van der Waals surface area contributed by atoms with Gasteiger partial charge >= 0.3 is 6.09 Å². The predicted octanol–water partition coefficient (Wildman–Crippen LogP) is 2.82. The van der Waals surface area contributed by atoms with Gasteiger partial charge in [0.15, 0.2) is 0 Å². The van der Waals surface area contributed by atoms with Crippen molar-refractivity contribution in [1.29, 1.82) is 0 Å². The Morgan fingerprint density at radius 2 is 2.07 bits per heavy atom. The molecule has 0 radical (unpaired) electrons. The second kappa shape index (κ2) is 4.68. The summed E-state index contributed by atoms with van der Waals surface area (Å²) in [4.78, 5) is 12.0. The lowest BCUT2D eigenvalue weighted by atomic mass is 10.1. The Labute approximate surface area is 112 Å². The smallest absolute Gasteiger partial charge is 0.410 e. The minimum atomic E-state index is -3.31. The van der Waals surface area contributed by atoms with Crippen LogP contribution < -0.4 is 0 Å². The number of carbonyl (C=O) groups excluding carboxylic acids is 1. The molecule has 1 amide bonds. The summed E-state index contributed by atoms with van der Waals surface area (Å²) < 4.78 is 73.0. The van der Waals surface area contributed by atoms with Gasteiger partial charge in [-0.15, -0.1) is 0 Å². The lowest BCUT2D eigenvalue weighted by molar-refractivity contribution is 0.0221. The van der Waals surface area contributed by atoms with Crippen LogP contribution in [-0.4, -0.2) is 33.5 Å². The quantitative estimate of drug-likeness (QED) is 0.507. The molecule has 0 aromatic carbocycles. The number of hydrogen-bond donors (Lipinski definition) is 0. The number of hydrogen-bond acceptors (Lipinski definition) is 2. The summed E-state index contributed by atoms with van der Waals surface area (Å²) in [7, 11) is 0. The molecule has 0 aromatic rings. The molecule has 1 rings (SSSR count). The first-order chi connectivity index (χ1) is 9.75. The highest BCUT2D eigenvalue weighted by molar-refractivity contribution is 14.1. The molecule has 1 aliphatic rings. The Bertz CT molecular complexity index is 485. The summed E-state index contributed by atoms with van der Waals surface area (Å²) in [6, 6.07) is 0. The van der Waals surface area contributed by atoms with Crippen LogP contribution in [0.25, 0.3) is 0 Å². The molecule has 0 saturated carbocycles. The summed E-state index contributed by atoms with van der Waals surface area (Å²) in [6.07, 6.45) is -7.97. The Morgan fingerprint density at radius 1 is 1.57 bits per heavy atom. The van der Waals surface area contributed by atoms with Crippen LogP contribution in [-0.2, 0) is 4.74 Å². The van der Waals surface area contributed by atoms with Crippen LogP contribution in [0.15, 0.2) is 0 Å². The average molecular weight is 320 g/mol. The fraction of sp³-hybridized carbons (Fsp3) is 0.900. The zero-order valence-electron chi connectivity index (χ0n) is 17.1. The second-order valence-electron chi connectivity index (χ2n) is 3.60. The van der Waals surface area contributed by atoms with E-state index in [1.807, 2.05) is 0 Å². The van der Waals surface area contributed by atoms with E-state index in [4.69, 9.17) is 17.1 Å². The Kier molecular flexibility index (Phi) is 1.50. The first-order valence-electron chi connectivity index (χ1n) is 8.47. The Balaban J connectivity index is 3.60. The van der Waals surface area contributed by atoms with E-state index in [0.717, 1.165) is 22.6 Å². The molecular formula is C10H18INO2. The van der Waals surface area contributed by atoms with E-state index in [1.165, 1.54) is 20.8 Å². The van der Waals surface area contributed by atoms with E-state index in [2.05, 4.69) is 0 Å². The van der Waals surface area contributed by atoms with Crippen molar-refractivity contribution in [1.82, 2.24) is 4.90 Å². The van der Waals surface area contributed by atoms with Crippen molar-refractivity contribution in [2.75, 3.05) is 13.0 Å². The Hall–Kier alpha value is 0. The first-order valence-corrected chi connectivity index (χ1v) is 5.05. The molecule has 0 aliphatic carbocycles. The van der Waals surface area contributed by atoms with Crippen molar-refractivity contribution < 1.29 is 21.9 Å². The average Bonchev–Trinajstić information content (AvgIpc) is 2.22. The number of likely N-dealkylation sites (tertiary alicyclic amines) is 1. The van der Waals surface area contributed by atoms with Gasteiger partial charge in [0.05, 0.1) is 0 Å². The number of carbonyl (C=O) groups is 1. The predicted molar refractivity (Wildman–Crippen MR) is 64.8 cm³/mol. The van der Waals surface area contributed by atoms with Gasteiger partial charge in [-0.1, -0.05) is 22.6 Å². The number of amides is 1. The molecule has 0 spiro atoms. The lowest BCUT2D eigenvalue weighted by Crippen LogP contribution is -2.41. The van der Waals surface area contributed by atoms with Gasteiger partial charge in [-0.25, -0.2) is 4.79 Å². The van der Waals surface area contributed by atoms with E-state index >= 15 is 0 Å². The van der Waals surface area contributed by atoms with Crippen molar-refractivity contribution >= 4 is 28.7 Å². The van der Waals surface area contributed by atoms with Crippen molar-refractivity contribution in [3.63, 3.8) is 0 Å². The van der Waals surface area contributed by atoms with Gasteiger partial charge in [-0.2, -0.15) is 0 Å². The first kappa shape index (κ1) is 4.47. The molecule has 0 bridgehead atoms. The molecule has 0 aromatic heterocycles. The van der Waals surface area contributed by atoms with Crippen molar-refractivity contribution in [2.24, 2.45) is 0 Å². The van der Waals surface area contributed by atoms with E-state index in [9.17, 15) is 4.79 Å². The number of ether oxygens (including phenoxy) is 1. The third-order valence-corrected chi connectivity index (χ3v) is 1.67. The number of rotatable bonds is 0. The van der Waals surface area contributed by atoms with Crippen LogP contribution in [0.1, 0.15) is 45.9 Å². The third kappa shape index (κ3) is 4.02. The minimum Gasteiger partial charge on any atom is -0.444 e. The molecule has 82 valence electrons. The van der Waals surface area contributed by atoms with Crippen molar-refractivity contribution in [2.45, 2.75) is 43.0 Å². The monoisotopic (exact) mass is 320 g/mol. The van der Waals surface area contributed by atoms with Crippen LogP contribution in [0.3, 0.4) is 0 Å². The standard InChI is InChI=1S/C10H18INO2/c1-10(2,3)14-9(13)12-6-4-8(11)5-7-12/h8H,4-7H2,1-3H3/i4D2,5D2,6D2,7D2,8D. The van der Waals surface area contributed by atoms with E-state index in [0.29, 0.717) is 0 Å². The highest BCUT2D eigenvalue weighted by Gasteiger charge is 2.25. The maximum atomic E-state index is 12.3. The maximum Gasteiger partial charge on any atom is 0.410 e. The molecule has 4 heteroatoms.